The summed E-state index contributed by atoms with van der Waals surface area (Å²) in [6, 6.07) is 0. The molecule has 0 unspecified atom stereocenters. The lowest BCUT2D eigenvalue weighted by Crippen LogP contribution is -2.38. The molecule has 0 saturated carbocycles. The van der Waals surface area contributed by atoms with E-state index in [9.17, 15) is 4.79 Å². The van der Waals surface area contributed by atoms with Crippen LogP contribution in [-0.4, -0.2) is 29.2 Å². The van der Waals surface area contributed by atoms with Crippen molar-refractivity contribution < 1.29 is 9.90 Å². The van der Waals surface area contributed by atoms with E-state index in [1.165, 1.54) is 4.90 Å². The molecule has 1 rings (SSSR count). The first-order valence-corrected chi connectivity index (χ1v) is 4.59. The second-order valence-electron chi connectivity index (χ2n) is 3.85. The van der Waals surface area contributed by atoms with Crippen molar-refractivity contribution in [3.8, 4) is 0 Å². The number of rotatable bonds is 1. The molecule has 0 bridgehead atoms. The maximum atomic E-state index is 10.6. The molecule has 0 atom stereocenters. The lowest BCUT2D eigenvalue weighted by molar-refractivity contribution is 0.116. The van der Waals surface area contributed by atoms with Gasteiger partial charge in [0.2, 0.25) is 0 Å². The van der Waals surface area contributed by atoms with Crippen LogP contribution >= 0.6 is 0 Å². The predicted molar refractivity (Wildman–Crippen MR) is 47.2 cm³/mol. The van der Waals surface area contributed by atoms with E-state index in [1.807, 2.05) is 0 Å². The summed E-state index contributed by atoms with van der Waals surface area (Å²) in [5.74, 6) is 1.42. The number of hydrogen-bond donors (Lipinski definition) is 1. The highest BCUT2D eigenvalue weighted by Crippen LogP contribution is 2.24. The fourth-order valence-corrected chi connectivity index (χ4v) is 1.76. The molecule has 1 heterocycles. The summed E-state index contributed by atoms with van der Waals surface area (Å²) in [6.07, 6.45) is 1.30. The first-order valence-electron chi connectivity index (χ1n) is 4.59. The molecule has 0 spiro atoms. The Morgan fingerprint density at radius 2 is 1.92 bits per heavy atom. The molecule has 1 aliphatic rings. The Morgan fingerprint density at radius 1 is 1.42 bits per heavy atom. The molecule has 0 aromatic heterocycles. The van der Waals surface area contributed by atoms with E-state index in [0.29, 0.717) is 5.92 Å². The first kappa shape index (κ1) is 9.36. The van der Waals surface area contributed by atoms with Crippen LogP contribution in [0.2, 0.25) is 0 Å². The van der Waals surface area contributed by atoms with Gasteiger partial charge < -0.3 is 10.0 Å². The molecule has 0 aliphatic carbocycles. The van der Waals surface area contributed by atoms with Gasteiger partial charge in [-0.05, 0) is 24.7 Å². The lowest BCUT2D eigenvalue weighted by Gasteiger charge is -2.31. The third kappa shape index (κ3) is 2.13. The van der Waals surface area contributed by atoms with Gasteiger partial charge in [0.05, 0.1) is 0 Å². The van der Waals surface area contributed by atoms with Crippen molar-refractivity contribution in [2.45, 2.75) is 26.7 Å². The Balaban J connectivity index is 2.34. The Bertz CT molecular complexity index is 160. The van der Waals surface area contributed by atoms with Gasteiger partial charge in [0.25, 0.3) is 0 Å². The van der Waals surface area contributed by atoms with Gasteiger partial charge in [-0.1, -0.05) is 13.8 Å². The molecule has 12 heavy (non-hydrogen) atoms. The second kappa shape index (κ2) is 3.78. The molecule has 1 amide bonds. The fourth-order valence-electron chi connectivity index (χ4n) is 1.76. The zero-order chi connectivity index (χ0) is 9.14. The van der Waals surface area contributed by atoms with Crippen molar-refractivity contribution in [3.05, 3.63) is 0 Å². The highest BCUT2D eigenvalue weighted by molar-refractivity contribution is 5.64. The average molecular weight is 171 g/mol. The quantitative estimate of drug-likeness (QED) is 0.655. The molecule has 0 aromatic carbocycles. The molecule has 1 aliphatic heterocycles. The van der Waals surface area contributed by atoms with Crippen LogP contribution in [0.4, 0.5) is 4.79 Å². The minimum Gasteiger partial charge on any atom is -0.465 e. The van der Waals surface area contributed by atoms with E-state index in [-0.39, 0.29) is 0 Å². The summed E-state index contributed by atoms with van der Waals surface area (Å²) in [7, 11) is 0. The van der Waals surface area contributed by atoms with E-state index in [4.69, 9.17) is 5.11 Å². The van der Waals surface area contributed by atoms with E-state index in [0.717, 1.165) is 31.8 Å². The normalized spacial score (nSPS) is 20.1. The molecule has 3 heteroatoms. The molecule has 70 valence electrons. The average Bonchev–Trinajstić information content (AvgIpc) is 2.04. The predicted octanol–water partition coefficient (Wildman–Crippen LogP) is 2.03. The van der Waals surface area contributed by atoms with Crippen molar-refractivity contribution in [1.82, 2.24) is 4.90 Å². The van der Waals surface area contributed by atoms with Crippen LogP contribution in [0.15, 0.2) is 0 Å². The van der Waals surface area contributed by atoms with Crippen LogP contribution < -0.4 is 0 Å². The zero-order valence-corrected chi connectivity index (χ0v) is 7.79. The van der Waals surface area contributed by atoms with Crippen LogP contribution in [0.1, 0.15) is 26.7 Å². The van der Waals surface area contributed by atoms with E-state index < -0.39 is 6.09 Å². The molecule has 3 nitrogen and oxygen atoms in total. The van der Waals surface area contributed by atoms with Crippen molar-refractivity contribution in [1.29, 1.82) is 0 Å². The number of amides is 1. The van der Waals surface area contributed by atoms with Gasteiger partial charge in [0, 0.05) is 13.1 Å². The largest absolute Gasteiger partial charge is 0.465 e. The summed E-state index contributed by atoms with van der Waals surface area (Å²) in [6.45, 7) is 5.86. The van der Waals surface area contributed by atoms with E-state index >= 15 is 0 Å². The monoisotopic (exact) mass is 171 g/mol. The number of piperidine rings is 1. The molecule has 1 saturated heterocycles. The van der Waals surface area contributed by atoms with Gasteiger partial charge in [0.15, 0.2) is 0 Å². The number of nitrogens with zero attached hydrogens (tertiary/aromatic N) is 1. The fraction of sp³-hybridized carbons (Fsp3) is 0.889. The smallest absolute Gasteiger partial charge is 0.407 e. The van der Waals surface area contributed by atoms with Crippen molar-refractivity contribution in [3.63, 3.8) is 0 Å². The number of carboxylic acid groups (broad SMARTS) is 1. The van der Waals surface area contributed by atoms with Gasteiger partial charge in [-0.25, -0.2) is 4.79 Å². The number of carbonyl (C=O) groups is 1. The minimum absolute atomic E-state index is 0.695. The molecule has 0 radical (unpaired) electrons. The maximum absolute atomic E-state index is 10.6. The Hall–Kier alpha value is -0.730. The third-order valence-electron chi connectivity index (χ3n) is 2.75. The zero-order valence-electron chi connectivity index (χ0n) is 7.79. The van der Waals surface area contributed by atoms with Crippen molar-refractivity contribution in [2.75, 3.05) is 13.1 Å². The van der Waals surface area contributed by atoms with E-state index in [2.05, 4.69) is 13.8 Å². The maximum Gasteiger partial charge on any atom is 0.407 e. The summed E-state index contributed by atoms with van der Waals surface area (Å²) in [5.41, 5.74) is 0. The Labute approximate surface area is 73.4 Å². The first-order chi connectivity index (χ1) is 5.61. The lowest BCUT2D eigenvalue weighted by atomic mass is 9.87. The van der Waals surface area contributed by atoms with Gasteiger partial charge in [-0.15, -0.1) is 0 Å². The highest BCUT2D eigenvalue weighted by atomic mass is 16.4. The van der Waals surface area contributed by atoms with Crippen LogP contribution in [0.3, 0.4) is 0 Å². The Kier molecular flexibility index (Phi) is 2.95. The summed E-state index contributed by atoms with van der Waals surface area (Å²) in [4.78, 5) is 12.1. The summed E-state index contributed by atoms with van der Waals surface area (Å²) in [5, 5.41) is 8.69. The van der Waals surface area contributed by atoms with Gasteiger partial charge >= 0.3 is 6.09 Å². The summed E-state index contributed by atoms with van der Waals surface area (Å²) >= 11 is 0. The third-order valence-corrected chi connectivity index (χ3v) is 2.75. The van der Waals surface area contributed by atoms with Gasteiger partial charge in [0.1, 0.15) is 0 Å². The van der Waals surface area contributed by atoms with Crippen LogP contribution in [0.5, 0.6) is 0 Å². The molecular weight excluding hydrogens is 154 g/mol. The highest BCUT2D eigenvalue weighted by Gasteiger charge is 2.23. The standard InChI is InChI=1S/C9H17NO2/c1-7(2)8-3-5-10(6-4-8)9(11)12/h7-8H,3-6H2,1-2H3,(H,11,12). The molecule has 1 fully saturated rings. The van der Waals surface area contributed by atoms with Crippen LogP contribution in [-0.2, 0) is 0 Å². The number of hydrogen-bond acceptors (Lipinski definition) is 1. The molecular formula is C9H17NO2. The van der Waals surface area contributed by atoms with Crippen LogP contribution in [0, 0.1) is 11.8 Å². The minimum atomic E-state index is -0.766. The van der Waals surface area contributed by atoms with E-state index in [1.54, 1.807) is 0 Å². The van der Waals surface area contributed by atoms with Crippen molar-refractivity contribution in [2.24, 2.45) is 11.8 Å². The summed E-state index contributed by atoms with van der Waals surface area (Å²) < 4.78 is 0. The SMILES string of the molecule is CC(C)C1CCN(C(=O)O)CC1. The van der Waals surface area contributed by atoms with Crippen LogP contribution in [0.25, 0.3) is 0 Å². The Morgan fingerprint density at radius 3 is 2.25 bits per heavy atom. The second-order valence-corrected chi connectivity index (χ2v) is 3.85. The molecule has 0 aromatic rings. The molecule has 1 N–H and O–H groups in total. The van der Waals surface area contributed by atoms with Gasteiger partial charge in [-0.3, -0.25) is 0 Å². The van der Waals surface area contributed by atoms with Gasteiger partial charge in [-0.2, -0.15) is 0 Å². The van der Waals surface area contributed by atoms with Crippen molar-refractivity contribution >= 4 is 6.09 Å². The topological polar surface area (TPSA) is 40.5 Å². The number of likely N-dealkylation sites (tertiary alicyclic amines) is 1.